The van der Waals surface area contributed by atoms with E-state index in [0.29, 0.717) is 28.2 Å². The molecule has 0 atom stereocenters. The van der Waals surface area contributed by atoms with Gasteiger partial charge in [-0.2, -0.15) is 0 Å². The van der Waals surface area contributed by atoms with Crippen LogP contribution in [0.2, 0.25) is 0 Å². The molecule has 1 aromatic rings. The molecular weight excluding hydrogens is 256 g/mol. The summed E-state index contributed by atoms with van der Waals surface area (Å²) in [5.41, 5.74) is 7.09. The molecule has 5 heteroatoms. The van der Waals surface area contributed by atoms with Gasteiger partial charge in [-0.05, 0) is 30.7 Å². The van der Waals surface area contributed by atoms with Crippen molar-refractivity contribution in [2.45, 2.75) is 32.6 Å². The number of anilines is 1. The maximum Gasteiger partial charge on any atom is 0.253 e. The SMILES string of the molecule is CCC1(CNC(=O)c2cc3c(cc2N)OCO3)CCC1. The first-order valence-electron chi connectivity index (χ1n) is 7.11. The fourth-order valence-corrected chi connectivity index (χ4v) is 2.85. The van der Waals surface area contributed by atoms with Gasteiger partial charge >= 0.3 is 0 Å². The summed E-state index contributed by atoms with van der Waals surface area (Å²) in [7, 11) is 0. The van der Waals surface area contributed by atoms with Crippen molar-refractivity contribution in [2.24, 2.45) is 5.41 Å². The summed E-state index contributed by atoms with van der Waals surface area (Å²) in [6.45, 7) is 3.08. The molecular formula is C15H20N2O3. The van der Waals surface area contributed by atoms with Crippen LogP contribution in [0.15, 0.2) is 12.1 Å². The molecule has 2 aliphatic rings. The fraction of sp³-hybridized carbons (Fsp3) is 0.533. The summed E-state index contributed by atoms with van der Waals surface area (Å²) in [5.74, 6) is 1.04. The maximum atomic E-state index is 12.3. The zero-order valence-corrected chi connectivity index (χ0v) is 11.7. The molecule has 1 fully saturated rings. The molecule has 0 spiro atoms. The molecule has 1 saturated carbocycles. The van der Waals surface area contributed by atoms with Crippen molar-refractivity contribution in [3.63, 3.8) is 0 Å². The topological polar surface area (TPSA) is 73.6 Å². The largest absolute Gasteiger partial charge is 0.454 e. The van der Waals surface area contributed by atoms with E-state index in [1.165, 1.54) is 19.3 Å². The summed E-state index contributed by atoms with van der Waals surface area (Å²) in [5, 5.41) is 3.01. The Kier molecular flexibility index (Phi) is 3.20. The van der Waals surface area contributed by atoms with E-state index in [2.05, 4.69) is 12.2 Å². The number of nitrogen functional groups attached to an aromatic ring is 1. The van der Waals surface area contributed by atoms with Crippen LogP contribution < -0.4 is 20.5 Å². The number of hydrogen-bond acceptors (Lipinski definition) is 4. The van der Waals surface area contributed by atoms with Crippen molar-refractivity contribution >= 4 is 11.6 Å². The Hall–Kier alpha value is -1.91. The van der Waals surface area contributed by atoms with Gasteiger partial charge in [0.05, 0.1) is 5.56 Å². The summed E-state index contributed by atoms with van der Waals surface area (Å²) >= 11 is 0. The molecule has 1 aromatic carbocycles. The van der Waals surface area contributed by atoms with Gasteiger partial charge in [-0.25, -0.2) is 0 Å². The zero-order valence-electron chi connectivity index (χ0n) is 11.7. The Morgan fingerprint density at radius 2 is 2.05 bits per heavy atom. The van der Waals surface area contributed by atoms with Crippen LogP contribution in [0, 0.1) is 5.41 Å². The number of hydrogen-bond donors (Lipinski definition) is 2. The van der Waals surface area contributed by atoms with Crippen LogP contribution >= 0.6 is 0 Å². The first kappa shape index (κ1) is 13.1. The van der Waals surface area contributed by atoms with E-state index < -0.39 is 0 Å². The molecule has 20 heavy (non-hydrogen) atoms. The number of nitrogens with one attached hydrogen (secondary N) is 1. The number of fused-ring (bicyclic) bond motifs is 1. The third kappa shape index (κ3) is 2.17. The Bertz CT molecular complexity index is 533. The van der Waals surface area contributed by atoms with Crippen LogP contribution in [0.25, 0.3) is 0 Å². The second-order valence-electron chi connectivity index (χ2n) is 5.68. The van der Waals surface area contributed by atoms with Crippen molar-refractivity contribution < 1.29 is 14.3 Å². The number of ether oxygens (including phenoxy) is 2. The van der Waals surface area contributed by atoms with E-state index in [-0.39, 0.29) is 12.7 Å². The number of carbonyl (C=O) groups excluding carboxylic acids is 1. The van der Waals surface area contributed by atoms with Gasteiger partial charge in [-0.1, -0.05) is 13.3 Å². The molecule has 3 rings (SSSR count). The number of amides is 1. The lowest BCUT2D eigenvalue weighted by atomic mass is 9.67. The van der Waals surface area contributed by atoms with Crippen LogP contribution in [0.3, 0.4) is 0 Å². The lowest BCUT2D eigenvalue weighted by molar-refractivity contribution is 0.0850. The van der Waals surface area contributed by atoms with Gasteiger partial charge in [0, 0.05) is 18.3 Å². The molecule has 108 valence electrons. The minimum absolute atomic E-state index is 0.138. The predicted molar refractivity (Wildman–Crippen MR) is 75.9 cm³/mol. The molecule has 1 amide bonds. The highest BCUT2D eigenvalue weighted by Crippen LogP contribution is 2.43. The number of carbonyl (C=O) groups is 1. The second-order valence-corrected chi connectivity index (χ2v) is 5.68. The quantitative estimate of drug-likeness (QED) is 0.828. The summed E-state index contributed by atoms with van der Waals surface area (Å²) in [6, 6.07) is 3.31. The Labute approximate surface area is 118 Å². The summed E-state index contributed by atoms with van der Waals surface area (Å²) in [4.78, 5) is 12.3. The Morgan fingerprint density at radius 3 is 2.65 bits per heavy atom. The van der Waals surface area contributed by atoms with E-state index in [4.69, 9.17) is 15.2 Å². The third-order valence-electron chi connectivity index (χ3n) is 4.58. The monoisotopic (exact) mass is 276 g/mol. The maximum absolute atomic E-state index is 12.3. The van der Waals surface area contributed by atoms with Crippen molar-refractivity contribution in [1.29, 1.82) is 0 Å². The molecule has 1 aliphatic carbocycles. The van der Waals surface area contributed by atoms with Crippen LogP contribution in [0.5, 0.6) is 11.5 Å². The molecule has 0 bridgehead atoms. The standard InChI is InChI=1S/C15H20N2O3/c1-2-15(4-3-5-15)8-17-14(18)10-6-12-13(7-11(10)16)20-9-19-12/h6-7H,2-5,8-9,16H2,1H3,(H,17,18). The van der Waals surface area contributed by atoms with E-state index in [9.17, 15) is 4.79 Å². The number of rotatable bonds is 4. The molecule has 0 aromatic heterocycles. The van der Waals surface area contributed by atoms with E-state index in [1.54, 1.807) is 12.1 Å². The predicted octanol–water partition coefficient (Wildman–Crippen LogP) is 2.31. The molecule has 0 radical (unpaired) electrons. The summed E-state index contributed by atoms with van der Waals surface area (Å²) < 4.78 is 10.5. The highest BCUT2D eigenvalue weighted by Gasteiger charge is 2.35. The smallest absolute Gasteiger partial charge is 0.253 e. The third-order valence-corrected chi connectivity index (χ3v) is 4.58. The van der Waals surface area contributed by atoms with Gasteiger partial charge in [0.1, 0.15) is 0 Å². The van der Waals surface area contributed by atoms with Gasteiger partial charge in [0.25, 0.3) is 5.91 Å². The van der Waals surface area contributed by atoms with Crippen molar-refractivity contribution in [1.82, 2.24) is 5.32 Å². The van der Waals surface area contributed by atoms with E-state index in [0.717, 1.165) is 13.0 Å². The van der Waals surface area contributed by atoms with Gasteiger partial charge < -0.3 is 20.5 Å². The van der Waals surface area contributed by atoms with Gasteiger partial charge in [0.2, 0.25) is 6.79 Å². The lowest BCUT2D eigenvalue weighted by Crippen LogP contribution is -2.41. The average molecular weight is 276 g/mol. The molecule has 0 unspecified atom stereocenters. The highest BCUT2D eigenvalue weighted by molar-refractivity contribution is 6.00. The van der Waals surface area contributed by atoms with Crippen molar-refractivity contribution in [3.05, 3.63) is 17.7 Å². The highest BCUT2D eigenvalue weighted by atomic mass is 16.7. The molecule has 1 aliphatic heterocycles. The minimum Gasteiger partial charge on any atom is -0.454 e. The van der Waals surface area contributed by atoms with Crippen LogP contribution in [-0.2, 0) is 0 Å². The summed E-state index contributed by atoms with van der Waals surface area (Å²) in [6.07, 6.45) is 4.75. The Morgan fingerprint density at radius 1 is 1.35 bits per heavy atom. The Balaban J connectivity index is 1.71. The van der Waals surface area contributed by atoms with E-state index >= 15 is 0 Å². The van der Waals surface area contributed by atoms with Crippen LogP contribution in [-0.4, -0.2) is 19.2 Å². The van der Waals surface area contributed by atoms with Crippen molar-refractivity contribution in [3.8, 4) is 11.5 Å². The molecule has 1 heterocycles. The van der Waals surface area contributed by atoms with Crippen LogP contribution in [0.4, 0.5) is 5.69 Å². The minimum atomic E-state index is -0.138. The number of nitrogens with two attached hydrogens (primary N) is 1. The first-order chi connectivity index (χ1) is 9.63. The van der Waals surface area contributed by atoms with Crippen LogP contribution in [0.1, 0.15) is 43.0 Å². The van der Waals surface area contributed by atoms with Gasteiger partial charge in [0.15, 0.2) is 11.5 Å². The van der Waals surface area contributed by atoms with E-state index in [1.807, 2.05) is 0 Å². The fourth-order valence-electron chi connectivity index (χ4n) is 2.85. The molecule has 3 N–H and O–H groups in total. The lowest BCUT2D eigenvalue weighted by Gasteiger charge is -2.41. The zero-order chi connectivity index (χ0) is 14.2. The van der Waals surface area contributed by atoms with Gasteiger partial charge in [-0.15, -0.1) is 0 Å². The first-order valence-corrected chi connectivity index (χ1v) is 7.11. The van der Waals surface area contributed by atoms with Gasteiger partial charge in [-0.3, -0.25) is 4.79 Å². The molecule has 5 nitrogen and oxygen atoms in total. The average Bonchev–Trinajstić information content (AvgIpc) is 2.83. The molecule has 0 saturated heterocycles. The normalized spacial score (nSPS) is 18.4. The number of benzene rings is 1. The second kappa shape index (κ2) is 4.89. The van der Waals surface area contributed by atoms with Crippen molar-refractivity contribution in [2.75, 3.05) is 19.1 Å².